The van der Waals surface area contributed by atoms with Crippen LogP contribution in [0.1, 0.15) is 48.9 Å². The van der Waals surface area contributed by atoms with E-state index >= 15 is 0 Å². The van der Waals surface area contributed by atoms with Crippen LogP contribution in [0.15, 0.2) is 42.9 Å². The van der Waals surface area contributed by atoms with Gasteiger partial charge < -0.3 is 16.0 Å². The summed E-state index contributed by atoms with van der Waals surface area (Å²) in [5.74, 6) is 0.878. The lowest BCUT2D eigenvalue weighted by Gasteiger charge is -2.26. The Bertz CT molecular complexity index is 1340. The van der Waals surface area contributed by atoms with Crippen LogP contribution in [0.3, 0.4) is 0 Å². The number of aromatic nitrogens is 4. The van der Waals surface area contributed by atoms with E-state index in [4.69, 9.17) is 15.4 Å². The number of nitrogens with zero attached hydrogens (tertiary/aromatic N) is 5. The lowest BCUT2D eigenvalue weighted by atomic mass is 10.1. The van der Waals surface area contributed by atoms with Crippen LogP contribution in [0.25, 0.3) is 27.4 Å². The van der Waals surface area contributed by atoms with Crippen molar-refractivity contribution in [1.29, 1.82) is 5.41 Å². The molecular formula is C27H34N8OS. The van der Waals surface area contributed by atoms with Crippen LogP contribution in [0.2, 0.25) is 0 Å². The Balaban J connectivity index is 1.74. The molecule has 0 fully saturated rings. The number of hydrogen-bond acceptors (Lipinski definition) is 8. The number of pyridine rings is 1. The topological polar surface area (TPSA) is 111 Å². The van der Waals surface area contributed by atoms with Crippen LogP contribution < -0.4 is 10.6 Å². The first-order valence-electron chi connectivity index (χ1n) is 12.6. The molecular weight excluding hydrogens is 484 g/mol. The Kier molecular flexibility index (Phi) is 8.73. The Morgan fingerprint density at radius 2 is 2.08 bits per heavy atom. The molecule has 3 aromatic rings. The van der Waals surface area contributed by atoms with Gasteiger partial charge in [0.15, 0.2) is 5.65 Å². The second kappa shape index (κ2) is 12.2. The van der Waals surface area contributed by atoms with E-state index in [0.29, 0.717) is 34.7 Å². The molecule has 3 N–H and O–H groups in total. The van der Waals surface area contributed by atoms with Crippen LogP contribution in [-0.2, 0) is 0 Å². The van der Waals surface area contributed by atoms with Crippen molar-refractivity contribution < 1.29 is 4.79 Å². The Morgan fingerprint density at radius 3 is 2.76 bits per heavy atom. The second-order valence-corrected chi connectivity index (χ2v) is 9.92. The van der Waals surface area contributed by atoms with Crippen molar-refractivity contribution in [3.63, 3.8) is 0 Å². The maximum atomic E-state index is 13.3. The molecule has 1 aliphatic rings. The number of nitrogens with one attached hydrogen (secondary N) is 3. The molecule has 0 saturated heterocycles. The van der Waals surface area contributed by atoms with Gasteiger partial charge in [0.1, 0.15) is 0 Å². The number of likely N-dealkylation sites (N-methyl/N-ethyl adjacent to an activating group) is 1. The standard InChI is InChI=1S/C27H34N8OS/c1-5-34(6-2)18(3)15-30-27(36)19-12-23(20(14-28)16-29-4)32-24(13-19)21-17-31-35-10-9-22(33-26(21)35)25-8-7-11-37-25/h8-10,12-14,16-18,28-29H,5-7,11,15H2,1-4H3,(H,30,36)/b20-16+,28-14?/t18-/m0/s1. The Morgan fingerprint density at radius 1 is 1.27 bits per heavy atom. The maximum Gasteiger partial charge on any atom is 0.251 e. The van der Waals surface area contributed by atoms with E-state index in [9.17, 15) is 4.79 Å². The normalized spacial score (nSPS) is 14.6. The van der Waals surface area contributed by atoms with Crippen LogP contribution in [-0.4, -0.2) is 75.1 Å². The lowest BCUT2D eigenvalue weighted by molar-refractivity contribution is 0.0938. The smallest absolute Gasteiger partial charge is 0.251 e. The van der Waals surface area contributed by atoms with Crippen molar-refractivity contribution in [1.82, 2.24) is 35.1 Å². The van der Waals surface area contributed by atoms with E-state index in [1.165, 1.54) is 11.1 Å². The molecule has 0 aliphatic carbocycles. The maximum absolute atomic E-state index is 13.3. The zero-order valence-electron chi connectivity index (χ0n) is 21.8. The van der Waals surface area contributed by atoms with E-state index in [0.717, 1.165) is 36.5 Å². The van der Waals surface area contributed by atoms with E-state index in [1.54, 1.807) is 47.9 Å². The number of fused-ring (bicyclic) bond motifs is 1. The molecule has 0 aromatic carbocycles. The summed E-state index contributed by atoms with van der Waals surface area (Å²) in [6.07, 6.45) is 9.79. The average Bonchev–Trinajstić information content (AvgIpc) is 3.61. The van der Waals surface area contributed by atoms with Gasteiger partial charge in [-0.2, -0.15) is 5.10 Å². The van der Waals surface area contributed by atoms with Gasteiger partial charge in [0, 0.05) is 60.0 Å². The van der Waals surface area contributed by atoms with Crippen molar-refractivity contribution in [3.8, 4) is 11.3 Å². The van der Waals surface area contributed by atoms with Crippen LogP contribution in [0.5, 0.6) is 0 Å². The zero-order chi connectivity index (χ0) is 26.4. The number of carbonyl (C=O) groups excluding carboxylic acids is 1. The number of rotatable bonds is 11. The fourth-order valence-corrected chi connectivity index (χ4v) is 5.35. The van der Waals surface area contributed by atoms with Crippen molar-refractivity contribution in [2.75, 3.05) is 32.4 Å². The highest BCUT2D eigenvalue weighted by Gasteiger charge is 2.19. The quantitative estimate of drug-likeness (QED) is 0.330. The van der Waals surface area contributed by atoms with Gasteiger partial charge in [0.05, 0.1) is 28.8 Å². The summed E-state index contributed by atoms with van der Waals surface area (Å²) in [7, 11) is 1.77. The fourth-order valence-electron chi connectivity index (χ4n) is 4.39. The van der Waals surface area contributed by atoms with Crippen molar-refractivity contribution >= 4 is 40.0 Å². The summed E-state index contributed by atoms with van der Waals surface area (Å²) in [6.45, 7) is 8.73. The fraction of sp³-hybridized carbons (Fsp3) is 0.370. The van der Waals surface area contributed by atoms with Gasteiger partial charge in [-0.05, 0) is 44.6 Å². The van der Waals surface area contributed by atoms with Gasteiger partial charge in [0.25, 0.3) is 5.91 Å². The van der Waals surface area contributed by atoms with Gasteiger partial charge >= 0.3 is 0 Å². The van der Waals surface area contributed by atoms with E-state index in [2.05, 4.69) is 47.5 Å². The van der Waals surface area contributed by atoms with E-state index in [-0.39, 0.29) is 11.9 Å². The predicted octanol–water partition coefficient (Wildman–Crippen LogP) is 3.94. The molecule has 37 heavy (non-hydrogen) atoms. The molecule has 0 unspecified atom stereocenters. The lowest BCUT2D eigenvalue weighted by Crippen LogP contribution is -2.42. The molecule has 4 heterocycles. The molecule has 0 saturated carbocycles. The van der Waals surface area contributed by atoms with Gasteiger partial charge in [-0.1, -0.05) is 19.9 Å². The molecule has 1 atom stereocenters. The summed E-state index contributed by atoms with van der Waals surface area (Å²) in [5.41, 5.74) is 4.45. The van der Waals surface area contributed by atoms with Gasteiger partial charge in [-0.25, -0.2) is 14.5 Å². The number of carbonyl (C=O) groups is 1. The SMILES string of the molecule is CCN(CC)[C@@H](C)CNC(=O)c1cc(/C(C=N)=C/NC)nc(-c2cnn3ccc(C4=CCCS4)nc23)c1. The molecule has 1 amide bonds. The van der Waals surface area contributed by atoms with Crippen molar-refractivity contribution in [3.05, 3.63) is 59.8 Å². The first-order chi connectivity index (χ1) is 18.0. The third-order valence-corrected chi connectivity index (χ3v) is 7.56. The molecule has 1 aliphatic heterocycles. The van der Waals surface area contributed by atoms with Gasteiger partial charge in [-0.15, -0.1) is 11.8 Å². The first-order valence-corrected chi connectivity index (χ1v) is 13.6. The minimum absolute atomic E-state index is 0.185. The Labute approximate surface area is 222 Å². The van der Waals surface area contributed by atoms with Gasteiger partial charge in [0.2, 0.25) is 0 Å². The third-order valence-electron chi connectivity index (χ3n) is 6.44. The molecule has 0 radical (unpaired) electrons. The zero-order valence-corrected chi connectivity index (χ0v) is 22.6. The van der Waals surface area contributed by atoms with Crippen LogP contribution >= 0.6 is 11.8 Å². The van der Waals surface area contributed by atoms with E-state index < -0.39 is 0 Å². The highest BCUT2D eigenvalue weighted by molar-refractivity contribution is 8.08. The van der Waals surface area contributed by atoms with E-state index in [1.807, 2.05) is 12.3 Å². The monoisotopic (exact) mass is 518 g/mol. The molecule has 4 rings (SSSR count). The van der Waals surface area contributed by atoms with Crippen molar-refractivity contribution in [2.24, 2.45) is 0 Å². The highest BCUT2D eigenvalue weighted by atomic mass is 32.2. The molecule has 0 spiro atoms. The van der Waals surface area contributed by atoms with Crippen molar-refractivity contribution in [2.45, 2.75) is 33.2 Å². The molecule has 10 heteroatoms. The first kappa shape index (κ1) is 26.6. The average molecular weight is 519 g/mol. The number of thioether (sulfide) groups is 1. The summed E-state index contributed by atoms with van der Waals surface area (Å²) >= 11 is 1.80. The number of amides is 1. The predicted molar refractivity (Wildman–Crippen MR) is 152 cm³/mol. The Hall–Kier alpha value is -3.50. The molecule has 194 valence electrons. The number of allylic oxidation sites excluding steroid dienone is 2. The minimum atomic E-state index is -0.185. The number of hydrogen-bond donors (Lipinski definition) is 3. The van der Waals surface area contributed by atoms with Crippen LogP contribution in [0, 0.1) is 5.41 Å². The third kappa shape index (κ3) is 5.91. The summed E-state index contributed by atoms with van der Waals surface area (Å²) in [5, 5.41) is 18.4. The second-order valence-electron chi connectivity index (χ2n) is 8.78. The molecule has 3 aromatic heterocycles. The minimum Gasteiger partial charge on any atom is -0.393 e. The summed E-state index contributed by atoms with van der Waals surface area (Å²) in [4.78, 5) is 26.5. The largest absolute Gasteiger partial charge is 0.393 e. The molecule has 0 bridgehead atoms. The molecule has 9 nitrogen and oxygen atoms in total. The van der Waals surface area contributed by atoms with Crippen LogP contribution in [0.4, 0.5) is 0 Å². The summed E-state index contributed by atoms with van der Waals surface area (Å²) < 4.78 is 1.72. The summed E-state index contributed by atoms with van der Waals surface area (Å²) in [6, 6.07) is 5.68. The highest BCUT2D eigenvalue weighted by Crippen LogP contribution is 2.34. The van der Waals surface area contributed by atoms with Gasteiger partial charge in [-0.3, -0.25) is 9.69 Å².